The van der Waals surface area contributed by atoms with Crippen molar-refractivity contribution in [3.8, 4) is 0 Å². The van der Waals surface area contributed by atoms with E-state index in [4.69, 9.17) is 11.6 Å². The van der Waals surface area contributed by atoms with Gasteiger partial charge in [0.2, 0.25) is 0 Å². The number of rotatable bonds is 3. The van der Waals surface area contributed by atoms with Gasteiger partial charge in [0.15, 0.2) is 0 Å². The van der Waals surface area contributed by atoms with Crippen molar-refractivity contribution in [1.29, 1.82) is 0 Å². The van der Waals surface area contributed by atoms with Gasteiger partial charge in [-0.2, -0.15) is 0 Å². The molecule has 94 valence electrons. The Labute approximate surface area is 110 Å². The summed E-state index contributed by atoms with van der Waals surface area (Å²) in [6, 6.07) is 11.4. The normalized spacial score (nSPS) is 12.4. The van der Waals surface area contributed by atoms with Gasteiger partial charge < -0.3 is 0 Å². The molecule has 0 radical (unpaired) electrons. The van der Waals surface area contributed by atoms with Crippen LogP contribution in [0.3, 0.4) is 0 Å². The van der Waals surface area contributed by atoms with E-state index in [0.29, 0.717) is 12.0 Å². The van der Waals surface area contributed by atoms with Gasteiger partial charge in [-0.05, 0) is 25.0 Å². The van der Waals surface area contributed by atoms with E-state index in [1.165, 1.54) is 12.1 Å². The van der Waals surface area contributed by atoms with Crippen LogP contribution in [0.4, 0.5) is 8.78 Å². The number of aryl methyl sites for hydroxylation is 1. The van der Waals surface area contributed by atoms with Gasteiger partial charge in [0.05, 0.1) is 5.38 Å². The second kappa shape index (κ2) is 5.49. The lowest BCUT2D eigenvalue weighted by molar-refractivity contribution is 0.570. The third-order valence-electron chi connectivity index (χ3n) is 2.84. The maximum absolute atomic E-state index is 13.5. The van der Waals surface area contributed by atoms with E-state index in [1.807, 2.05) is 31.2 Å². The number of alkyl halides is 1. The van der Waals surface area contributed by atoms with Crippen LogP contribution in [0.1, 0.15) is 22.1 Å². The molecule has 2 aromatic carbocycles. The quantitative estimate of drug-likeness (QED) is 0.701. The highest BCUT2D eigenvalue weighted by molar-refractivity contribution is 6.20. The van der Waals surface area contributed by atoms with Crippen LogP contribution in [0.5, 0.6) is 0 Å². The van der Waals surface area contributed by atoms with Crippen molar-refractivity contribution in [2.45, 2.75) is 18.7 Å². The van der Waals surface area contributed by atoms with Gasteiger partial charge in [0, 0.05) is 11.6 Å². The zero-order valence-electron chi connectivity index (χ0n) is 9.96. The number of benzene rings is 2. The van der Waals surface area contributed by atoms with Crippen molar-refractivity contribution in [2.75, 3.05) is 0 Å². The zero-order valence-corrected chi connectivity index (χ0v) is 10.7. The monoisotopic (exact) mass is 266 g/mol. The molecule has 0 bridgehead atoms. The molecule has 0 amide bonds. The van der Waals surface area contributed by atoms with Crippen LogP contribution in [0, 0.1) is 18.6 Å². The summed E-state index contributed by atoms with van der Waals surface area (Å²) in [7, 11) is 0. The Hall–Kier alpha value is -1.41. The second-order valence-corrected chi connectivity index (χ2v) is 4.85. The molecule has 0 aliphatic carbocycles. The van der Waals surface area contributed by atoms with Crippen molar-refractivity contribution >= 4 is 11.6 Å². The van der Waals surface area contributed by atoms with Crippen LogP contribution in [0.15, 0.2) is 42.5 Å². The summed E-state index contributed by atoms with van der Waals surface area (Å²) in [6.07, 6.45) is 0.518. The first-order valence-electron chi connectivity index (χ1n) is 5.71. The smallest absolute Gasteiger partial charge is 0.130 e. The van der Waals surface area contributed by atoms with Gasteiger partial charge in [0.1, 0.15) is 11.6 Å². The molecule has 0 nitrogen and oxygen atoms in total. The molecule has 0 N–H and O–H groups in total. The van der Waals surface area contributed by atoms with E-state index < -0.39 is 17.0 Å². The Bertz CT molecular complexity index is 535. The maximum Gasteiger partial charge on any atom is 0.130 e. The van der Waals surface area contributed by atoms with E-state index >= 15 is 0 Å². The standard InChI is InChI=1S/C15H13ClF2/c1-10-2-4-11(5-3-10)8-14(16)13-7-6-12(17)9-15(13)18/h2-7,9,14H,8H2,1H3. The molecule has 2 rings (SSSR count). The summed E-state index contributed by atoms with van der Waals surface area (Å²) >= 11 is 6.18. The third-order valence-corrected chi connectivity index (χ3v) is 3.22. The van der Waals surface area contributed by atoms with Crippen LogP contribution < -0.4 is 0 Å². The minimum absolute atomic E-state index is 0.332. The molecule has 0 aliphatic rings. The van der Waals surface area contributed by atoms with Crippen molar-refractivity contribution in [3.05, 3.63) is 70.8 Å². The molecule has 0 aliphatic heterocycles. The number of hydrogen-bond donors (Lipinski definition) is 0. The summed E-state index contributed by atoms with van der Waals surface area (Å²) < 4.78 is 26.3. The maximum atomic E-state index is 13.5. The molecule has 1 atom stereocenters. The highest BCUT2D eigenvalue weighted by atomic mass is 35.5. The van der Waals surface area contributed by atoms with Crippen molar-refractivity contribution in [1.82, 2.24) is 0 Å². The lowest BCUT2D eigenvalue weighted by Crippen LogP contribution is -1.99. The van der Waals surface area contributed by atoms with E-state index in [9.17, 15) is 8.78 Å². The minimum atomic E-state index is -0.595. The van der Waals surface area contributed by atoms with E-state index in [2.05, 4.69) is 0 Å². The van der Waals surface area contributed by atoms with Gasteiger partial charge in [-0.15, -0.1) is 11.6 Å². The van der Waals surface area contributed by atoms with Crippen LogP contribution in [-0.4, -0.2) is 0 Å². The van der Waals surface area contributed by atoms with Crippen LogP contribution in [0.2, 0.25) is 0 Å². The highest BCUT2D eigenvalue weighted by Crippen LogP contribution is 2.27. The SMILES string of the molecule is Cc1ccc(CC(Cl)c2ccc(F)cc2F)cc1. The fourth-order valence-electron chi connectivity index (χ4n) is 1.80. The first-order chi connectivity index (χ1) is 8.56. The third kappa shape index (κ3) is 3.08. The molecule has 0 saturated heterocycles. The molecule has 0 aromatic heterocycles. The lowest BCUT2D eigenvalue weighted by Gasteiger charge is -2.11. The fraction of sp³-hybridized carbons (Fsp3) is 0.200. The van der Waals surface area contributed by atoms with Crippen molar-refractivity contribution in [3.63, 3.8) is 0 Å². The average molecular weight is 267 g/mol. The summed E-state index contributed by atoms with van der Waals surface area (Å²) in [5, 5.41) is -0.492. The van der Waals surface area contributed by atoms with Crippen LogP contribution >= 0.6 is 11.6 Å². The van der Waals surface area contributed by atoms with Crippen molar-refractivity contribution < 1.29 is 8.78 Å². The highest BCUT2D eigenvalue weighted by Gasteiger charge is 2.14. The summed E-state index contributed by atoms with van der Waals surface area (Å²) in [5.41, 5.74) is 2.53. The van der Waals surface area contributed by atoms with Crippen molar-refractivity contribution in [2.24, 2.45) is 0 Å². The first kappa shape index (κ1) is 13.0. The Balaban J connectivity index is 2.16. The van der Waals surface area contributed by atoms with Gasteiger partial charge in [0.25, 0.3) is 0 Å². The van der Waals surface area contributed by atoms with Crippen LogP contribution in [-0.2, 0) is 6.42 Å². The summed E-state index contributed by atoms with van der Waals surface area (Å²) in [4.78, 5) is 0. The summed E-state index contributed by atoms with van der Waals surface area (Å²) in [5.74, 6) is -1.18. The molecule has 1 unspecified atom stereocenters. The molecule has 0 heterocycles. The lowest BCUT2D eigenvalue weighted by atomic mass is 10.0. The van der Waals surface area contributed by atoms with E-state index in [1.54, 1.807) is 0 Å². The van der Waals surface area contributed by atoms with E-state index in [-0.39, 0.29) is 0 Å². The van der Waals surface area contributed by atoms with Gasteiger partial charge in [-0.3, -0.25) is 0 Å². The molecule has 0 fully saturated rings. The molecular weight excluding hydrogens is 254 g/mol. The number of halogens is 3. The second-order valence-electron chi connectivity index (χ2n) is 4.32. The number of hydrogen-bond acceptors (Lipinski definition) is 0. The van der Waals surface area contributed by atoms with E-state index in [0.717, 1.165) is 17.2 Å². The Morgan fingerprint density at radius 2 is 1.72 bits per heavy atom. The average Bonchev–Trinajstić information content (AvgIpc) is 2.32. The first-order valence-corrected chi connectivity index (χ1v) is 6.14. The Morgan fingerprint density at radius 3 is 2.33 bits per heavy atom. The predicted octanol–water partition coefficient (Wildman–Crippen LogP) is 4.80. The van der Waals surface area contributed by atoms with Gasteiger partial charge in [-0.25, -0.2) is 8.78 Å². The molecule has 3 heteroatoms. The largest absolute Gasteiger partial charge is 0.207 e. The molecule has 0 spiro atoms. The van der Waals surface area contributed by atoms with Gasteiger partial charge in [-0.1, -0.05) is 35.9 Å². The Kier molecular flexibility index (Phi) is 3.97. The van der Waals surface area contributed by atoms with Crippen LogP contribution in [0.25, 0.3) is 0 Å². The fourth-order valence-corrected chi connectivity index (χ4v) is 2.15. The summed E-state index contributed by atoms with van der Waals surface area (Å²) in [6.45, 7) is 2.00. The topological polar surface area (TPSA) is 0 Å². The predicted molar refractivity (Wildman–Crippen MR) is 69.8 cm³/mol. The molecular formula is C15H13ClF2. The molecule has 2 aromatic rings. The van der Waals surface area contributed by atoms with Gasteiger partial charge >= 0.3 is 0 Å². The Morgan fingerprint density at radius 1 is 1.06 bits per heavy atom. The zero-order chi connectivity index (χ0) is 13.1. The minimum Gasteiger partial charge on any atom is -0.207 e. The molecule has 0 saturated carbocycles. The molecule has 18 heavy (non-hydrogen) atoms.